The lowest BCUT2D eigenvalue weighted by Crippen LogP contribution is -2.23. The van der Waals surface area contributed by atoms with E-state index in [1.54, 1.807) is 6.07 Å². The third-order valence-electron chi connectivity index (χ3n) is 2.49. The second-order valence-electron chi connectivity index (χ2n) is 4.10. The van der Waals surface area contributed by atoms with Crippen molar-refractivity contribution in [2.24, 2.45) is 5.73 Å². The lowest BCUT2D eigenvalue weighted by molar-refractivity contribution is 0.324. The Balaban J connectivity index is 2.19. The molecule has 7 heteroatoms. The summed E-state index contributed by atoms with van der Waals surface area (Å²) in [6.45, 7) is 0.870. The van der Waals surface area contributed by atoms with Crippen LogP contribution in [0.25, 0.3) is 0 Å². The Bertz CT molecular complexity index is 640. The van der Waals surface area contributed by atoms with E-state index in [9.17, 15) is 9.18 Å². The Morgan fingerprint density at radius 1 is 1.35 bits per heavy atom. The van der Waals surface area contributed by atoms with Crippen molar-refractivity contribution in [3.63, 3.8) is 0 Å². The summed E-state index contributed by atoms with van der Waals surface area (Å²) in [5.41, 5.74) is 5.63. The number of hydrogen-bond acceptors (Lipinski definition) is 4. The molecule has 0 bridgehead atoms. The number of aromatic nitrogens is 2. The fraction of sp³-hybridized carbons (Fsp3) is 0.231. The molecule has 0 unspecified atom stereocenters. The van der Waals surface area contributed by atoms with Crippen LogP contribution in [0.5, 0.6) is 5.75 Å². The molecule has 20 heavy (non-hydrogen) atoms. The van der Waals surface area contributed by atoms with E-state index in [1.807, 2.05) is 0 Å². The number of benzene rings is 1. The van der Waals surface area contributed by atoms with Gasteiger partial charge in [-0.25, -0.2) is 9.07 Å². The lowest BCUT2D eigenvalue weighted by atomic mass is 10.2. The molecular formula is C13H13BrFN3O2. The van der Waals surface area contributed by atoms with E-state index in [0.29, 0.717) is 28.9 Å². The number of rotatable bonds is 5. The molecule has 0 fully saturated rings. The SMILES string of the molecule is NCCOc1cnn(Cc2cc(F)cc(Br)c2)c(=O)c1. The van der Waals surface area contributed by atoms with Crippen LogP contribution in [0.15, 0.2) is 39.7 Å². The molecule has 0 aliphatic carbocycles. The van der Waals surface area contributed by atoms with E-state index in [1.165, 1.54) is 29.1 Å². The summed E-state index contributed by atoms with van der Waals surface area (Å²) in [6, 6.07) is 5.77. The molecule has 0 aliphatic heterocycles. The van der Waals surface area contributed by atoms with Gasteiger partial charge in [-0.05, 0) is 23.8 Å². The zero-order valence-corrected chi connectivity index (χ0v) is 12.1. The van der Waals surface area contributed by atoms with Crippen LogP contribution in [0.2, 0.25) is 0 Å². The zero-order chi connectivity index (χ0) is 14.5. The Kier molecular flexibility index (Phi) is 4.86. The van der Waals surface area contributed by atoms with Crippen LogP contribution in [-0.4, -0.2) is 22.9 Å². The molecule has 0 radical (unpaired) electrons. The van der Waals surface area contributed by atoms with Gasteiger partial charge in [0.2, 0.25) is 0 Å². The first-order chi connectivity index (χ1) is 9.58. The molecule has 1 heterocycles. The van der Waals surface area contributed by atoms with Crippen molar-refractivity contribution >= 4 is 15.9 Å². The maximum absolute atomic E-state index is 13.3. The summed E-state index contributed by atoms with van der Waals surface area (Å²) in [5.74, 6) is 0.00226. The summed E-state index contributed by atoms with van der Waals surface area (Å²) in [5, 5.41) is 3.99. The maximum Gasteiger partial charge on any atom is 0.270 e. The van der Waals surface area contributed by atoms with Crippen molar-refractivity contribution in [1.29, 1.82) is 0 Å². The zero-order valence-electron chi connectivity index (χ0n) is 10.6. The molecule has 5 nitrogen and oxygen atoms in total. The first kappa shape index (κ1) is 14.7. The van der Waals surface area contributed by atoms with E-state index in [4.69, 9.17) is 10.5 Å². The standard InChI is InChI=1S/C13H13BrFN3O2/c14-10-3-9(4-11(15)5-10)8-18-13(19)6-12(7-17-18)20-2-1-16/h3-7H,1-2,8,16H2. The number of halogens is 2. The van der Waals surface area contributed by atoms with E-state index in [0.717, 1.165) is 0 Å². The van der Waals surface area contributed by atoms with Crippen molar-refractivity contribution < 1.29 is 9.13 Å². The highest BCUT2D eigenvalue weighted by Crippen LogP contribution is 2.15. The monoisotopic (exact) mass is 341 g/mol. The Labute approximate surface area is 123 Å². The molecule has 0 saturated heterocycles. The van der Waals surface area contributed by atoms with Crippen molar-refractivity contribution in [3.8, 4) is 5.75 Å². The molecule has 2 N–H and O–H groups in total. The van der Waals surface area contributed by atoms with Gasteiger partial charge in [0.1, 0.15) is 18.2 Å². The fourth-order valence-corrected chi connectivity index (χ4v) is 2.18. The fourth-order valence-electron chi connectivity index (χ4n) is 1.67. The first-order valence-electron chi connectivity index (χ1n) is 5.93. The van der Waals surface area contributed by atoms with Gasteiger partial charge in [-0.3, -0.25) is 4.79 Å². The van der Waals surface area contributed by atoms with Crippen LogP contribution in [0.1, 0.15) is 5.56 Å². The second kappa shape index (κ2) is 6.62. The molecular weight excluding hydrogens is 329 g/mol. The number of nitrogens with zero attached hydrogens (tertiary/aromatic N) is 2. The molecule has 1 aromatic heterocycles. The Morgan fingerprint density at radius 2 is 2.15 bits per heavy atom. The summed E-state index contributed by atoms with van der Waals surface area (Å²) in [6.07, 6.45) is 1.44. The number of hydrogen-bond donors (Lipinski definition) is 1. The minimum absolute atomic E-state index is 0.187. The lowest BCUT2D eigenvalue weighted by Gasteiger charge is -2.07. The van der Waals surface area contributed by atoms with Crippen LogP contribution in [0, 0.1) is 5.82 Å². The smallest absolute Gasteiger partial charge is 0.270 e. The number of ether oxygens (including phenoxy) is 1. The second-order valence-corrected chi connectivity index (χ2v) is 5.02. The highest BCUT2D eigenvalue weighted by atomic mass is 79.9. The van der Waals surface area contributed by atoms with Gasteiger partial charge in [-0.15, -0.1) is 0 Å². The topological polar surface area (TPSA) is 70.1 Å². The average molecular weight is 342 g/mol. The summed E-state index contributed by atoms with van der Waals surface area (Å²) >= 11 is 3.21. The van der Waals surface area contributed by atoms with Gasteiger partial charge in [0.05, 0.1) is 12.7 Å². The van der Waals surface area contributed by atoms with E-state index >= 15 is 0 Å². The molecule has 1 aromatic carbocycles. The molecule has 0 saturated carbocycles. The summed E-state index contributed by atoms with van der Waals surface area (Å²) < 4.78 is 20.3. The van der Waals surface area contributed by atoms with Gasteiger partial charge in [0, 0.05) is 17.1 Å². The van der Waals surface area contributed by atoms with Crippen LogP contribution < -0.4 is 16.0 Å². The first-order valence-corrected chi connectivity index (χ1v) is 6.73. The van der Waals surface area contributed by atoms with E-state index < -0.39 is 0 Å². The normalized spacial score (nSPS) is 10.6. The van der Waals surface area contributed by atoms with Gasteiger partial charge in [-0.2, -0.15) is 5.10 Å². The summed E-state index contributed by atoms with van der Waals surface area (Å²) in [4.78, 5) is 11.9. The van der Waals surface area contributed by atoms with Crippen molar-refractivity contribution in [2.45, 2.75) is 6.54 Å². The third kappa shape index (κ3) is 3.88. The van der Waals surface area contributed by atoms with Crippen molar-refractivity contribution in [1.82, 2.24) is 9.78 Å². The minimum Gasteiger partial charge on any atom is -0.490 e. The number of nitrogens with two attached hydrogens (primary N) is 1. The van der Waals surface area contributed by atoms with Gasteiger partial charge >= 0.3 is 0 Å². The van der Waals surface area contributed by atoms with Gasteiger partial charge in [0.25, 0.3) is 5.56 Å². The van der Waals surface area contributed by atoms with Gasteiger partial charge in [-0.1, -0.05) is 15.9 Å². The maximum atomic E-state index is 13.3. The van der Waals surface area contributed by atoms with Crippen LogP contribution in [0.3, 0.4) is 0 Å². The molecule has 0 aliphatic rings. The van der Waals surface area contributed by atoms with E-state index in [2.05, 4.69) is 21.0 Å². The average Bonchev–Trinajstić information content (AvgIpc) is 2.38. The van der Waals surface area contributed by atoms with Crippen LogP contribution in [-0.2, 0) is 6.54 Å². The van der Waals surface area contributed by atoms with Crippen molar-refractivity contribution in [2.75, 3.05) is 13.2 Å². The quantitative estimate of drug-likeness (QED) is 0.895. The van der Waals surface area contributed by atoms with Crippen LogP contribution >= 0.6 is 15.9 Å². The minimum atomic E-state index is -0.370. The van der Waals surface area contributed by atoms with Gasteiger partial charge in [0.15, 0.2) is 0 Å². The molecule has 2 aromatic rings. The van der Waals surface area contributed by atoms with Crippen LogP contribution in [0.4, 0.5) is 4.39 Å². The highest BCUT2D eigenvalue weighted by Gasteiger charge is 2.04. The predicted molar refractivity (Wildman–Crippen MR) is 76.2 cm³/mol. The van der Waals surface area contributed by atoms with Crippen molar-refractivity contribution in [3.05, 3.63) is 56.7 Å². The largest absolute Gasteiger partial charge is 0.490 e. The van der Waals surface area contributed by atoms with E-state index in [-0.39, 0.29) is 17.9 Å². The predicted octanol–water partition coefficient (Wildman–Crippen LogP) is 1.53. The molecule has 0 amide bonds. The Morgan fingerprint density at radius 3 is 2.80 bits per heavy atom. The van der Waals surface area contributed by atoms with Gasteiger partial charge < -0.3 is 10.5 Å². The Hall–Kier alpha value is -1.73. The summed E-state index contributed by atoms with van der Waals surface area (Å²) in [7, 11) is 0. The molecule has 2 rings (SSSR count). The molecule has 106 valence electrons. The third-order valence-corrected chi connectivity index (χ3v) is 2.94. The highest BCUT2D eigenvalue weighted by molar-refractivity contribution is 9.10. The molecule has 0 spiro atoms. The molecule has 0 atom stereocenters.